The minimum atomic E-state index is -4.69. The van der Waals surface area contributed by atoms with E-state index >= 15 is 0 Å². The highest BCUT2D eigenvalue weighted by molar-refractivity contribution is 5.97. The molecule has 0 unspecified atom stereocenters. The molecule has 5 rings (SSSR count). The summed E-state index contributed by atoms with van der Waals surface area (Å²) >= 11 is 0. The van der Waals surface area contributed by atoms with E-state index in [-0.39, 0.29) is 23.0 Å². The van der Waals surface area contributed by atoms with Crippen molar-refractivity contribution in [2.75, 3.05) is 13.1 Å². The molecule has 1 spiro atoms. The summed E-state index contributed by atoms with van der Waals surface area (Å²) in [5, 5.41) is 14.1. The summed E-state index contributed by atoms with van der Waals surface area (Å²) in [6.07, 6.45) is -1.59. The van der Waals surface area contributed by atoms with Gasteiger partial charge in [0.1, 0.15) is 11.6 Å². The Kier molecular flexibility index (Phi) is 4.77. The molecule has 0 bridgehead atoms. The number of aromatic hydroxyl groups is 1. The molecule has 1 aliphatic heterocycles. The molecule has 0 atom stereocenters. The van der Waals surface area contributed by atoms with E-state index in [4.69, 9.17) is 0 Å². The van der Waals surface area contributed by atoms with Gasteiger partial charge < -0.3 is 10.0 Å². The number of benzene rings is 2. The van der Waals surface area contributed by atoms with Crippen LogP contribution in [0.3, 0.4) is 0 Å². The molecular weight excluding hydrogens is 438 g/mol. The number of rotatable bonds is 3. The summed E-state index contributed by atoms with van der Waals surface area (Å²) in [6, 6.07) is 9.05. The predicted octanol–water partition coefficient (Wildman–Crippen LogP) is 5.20. The lowest BCUT2D eigenvalue weighted by atomic mass is 9.60. The van der Waals surface area contributed by atoms with E-state index in [0.717, 1.165) is 29.5 Å². The van der Waals surface area contributed by atoms with Crippen LogP contribution in [0.25, 0.3) is 11.3 Å². The van der Waals surface area contributed by atoms with Crippen molar-refractivity contribution in [3.63, 3.8) is 0 Å². The van der Waals surface area contributed by atoms with Crippen molar-refractivity contribution in [1.29, 1.82) is 0 Å². The van der Waals surface area contributed by atoms with Crippen molar-refractivity contribution >= 4 is 5.91 Å². The molecule has 2 aliphatic rings. The molecule has 1 amide bonds. The Hall–Kier alpha value is -3.36. The van der Waals surface area contributed by atoms with Gasteiger partial charge in [-0.1, -0.05) is 12.1 Å². The van der Waals surface area contributed by atoms with Gasteiger partial charge in [-0.15, -0.1) is 0 Å². The number of phenolic OH excluding ortho intramolecular Hbond substituents is 1. The quantitative estimate of drug-likeness (QED) is 0.548. The molecule has 2 fully saturated rings. The molecule has 1 aromatic heterocycles. The first-order valence-electron chi connectivity index (χ1n) is 10.6. The molecule has 2 heterocycles. The van der Waals surface area contributed by atoms with Crippen molar-refractivity contribution in [1.82, 2.24) is 14.7 Å². The smallest absolute Gasteiger partial charge is 0.417 e. The number of hydrogen-bond donors (Lipinski definition) is 1. The van der Waals surface area contributed by atoms with E-state index < -0.39 is 23.2 Å². The summed E-state index contributed by atoms with van der Waals surface area (Å²) < 4.78 is 56.2. The van der Waals surface area contributed by atoms with E-state index in [9.17, 15) is 27.5 Å². The largest absolute Gasteiger partial charge is 0.508 e. The van der Waals surface area contributed by atoms with Crippen molar-refractivity contribution in [3.05, 3.63) is 71.2 Å². The number of aromatic nitrogens is 2. The number of alkyl halides is 3. The van der Waals surface area contributed by atoms with Gasteiger partial charge >= 0.3 is 6.18 Å². The van der Waals surface area contributed by atoms with Gasteiger partial charge in [0, 0.05) is 24.1 Å². The van der Waals surface area contributed by atoms with Crippen LogP contribution in [0.2, 0.25) is 0 Å². The lowest BCUT2D eigenvalue weighted by Crippen LogP contribution is -2.64. The summed E-state index contributed by atoms with van der Waals surface area (Å²) in [7, 11) is 0. The first kappa shape index (κ1) is 21.5. The average molecular weight is 459 g/mol. The van der Waals surface area contributed by atoms with Crippen LogP contribution in [-0.4, -0.2) is 38.8 Å². The fourth-order valence-electron chi connectivity index (χ4n) is 5.12. The molecular formula is C24H21F4N3O2. The third kappa shape index (κ3) is 3.55. The zero-order valence-corrected chi connectivity index (χ0v) is 17.7. The fourth-order valence-corrected chi connectivity index (χ4v) is 5.12. The normalized spacial score (nSPS) is 17.7. The second-order valence-corrected chi connectivity index (χ2v) is 9.05. The fraction of sp³-hybridized carbons (Fsp3) is 0.333. The van der Waals surface area contributed by atoms with E-state index in [0.29, 0.717) is 31.5 Å². The number of phenols is 1. The van der Waals surface area contributed by atoms with Gasteiger partial charge in [0.2, 0.25) is 0 Å². The Labute approximate surface area is 187 Å². The highest BCUT2D eigenvalue weighted by Crippen LogP contribution is 2.55. The van der Waals surface area contributed by atoms with Crippen LogP contribution in [0.4, 0.5) is 17.6 Å². The van der Waals surface area contributed by atoms with Gasteiger partial charge in [0.05, 0.1) is 29.1 Å². The molecule has 1 aliphatic carbocycles. The van der Waals surface area contributed by atoms with Gasteiger partial charge in [0.15, 0.2) is 0 Å². The zero-order chi connectivity index (χ0) is 23.5. The minimum Gasteiger partial charge on any atom is -0.508 e. The molecule has 172 valence electrons. The van der Waals surface area contributed by atoms with E-state index in [1.165, 1.54) is 11.0 Å². The van der Waals surface area contributed by atoms with E-state index in [1.54, 1.807) is 24.4 Å². The van der Waals surface area contributed by atoms with Crippen LogP contribution in [0.15, 0.2) is 48.7 Å². The first-order valence-corrected chi connectivity index (χ1v) is 10.6. The predicted molar refractivity (Wildman–Crippen MR) is 112 cm³/mol. The summed E-state index contributed by atoms with van der Waals surface area (Å²) in [5.41, 5.74) is 0.270. The third-order valence-electron chi connectivity index (χ3n) is 6.67. The number of halogens is 4. The first-order chi connectivity index (χ1) is 15.6. The Balaban J connectivity index is 1.30. The number of amides is 1. The molecule has 2 aromatic carbocycles. The Bertz CT molecular complexity index is 1240. The van der Waals surface area contributed by atoms with Crippen molar-refractivity contribution in [2.45, 2.75) is 32.0 Å². The van der Waals surface area contributed by atoms with Gasteiger partial charge in [-0.3, -0.25) is 9.48 Å². The Morgan fingerprint density at radius 2 is 1.85 bits per heavy atom. The standard InChI is InChI=1S/C24H21F4N3O2/c1-14-11-29-31(21(14)17-4-2-3-5-20(17)25)15-9-23(10-15)12-30(13-23)22(33)18-8-16(32)6-7-19(18)24(26,27)28/h2-8,11,15,32H,9-10,12-13H2,1H3. The van der Waals surface area contributed by atoms with Gasteiger partial charge in [-0.2, -0.15) is 18.3 Å². The van der Waals surface area contributed by atoms with Gasteiger partial charge in [0.25, 0.3) is 5.91 Å². The topological polar surface area (TPSA) is 58.4 Å². The number of carbonyl (C=O) groups excluding carboxylic acids is 1. The number of aryl methyl sites for hydroxylation is 1. The van der Waals surface area contributed by atoms with Gasteiger partial charge in [-0.05, 0) is 55.7 Å². The number of carbonyl (C=O) groups is 1. The lowest BCUT2D eigenvalue weighted by molar-refractivity contribution is -0.138. The molecule has 3 aromatic rings. The summed E-state index contributed by atoms with van der Waals surface area (Å²) in [4.78, 5) is 14.1. The number of hydrogen-bond acceptors (Lipinski definition) is 3. The monoisotopic (exact) mass is 459 g/mol. The van der Waals surface area contributed by atoms with Crippen LogP contribution in [-0.2, 0) is 6.18 Å². The van der Waals surface area contributed by atoms with Crippen molar-refractivity contribution < 1.29 is 27.5 Å². The van der Waals surface area contributed by atoms with Crippen LogP contribution in [0, 0.1) is 18.2 Å². The van der Waals surface area contributed by atoms with Crippen LogP contribution in [0.5, 0.6) is 5.75 Å². The Morgan fingerprint density at radius 1 is 1.15 bits per heavy atom. The maximum atomic E-state index is 14.4. The van der Waals surface area contributed by atoms with Crippen molar-refractivity contribution in [3.8, 4) is 17.0 Å². The highest BCUT2D eigenvalue weighted by atomic mass is 19.4. The van der Waals surface area contributed by atoms with Gasteiger partial charge in [-0.25, -0.2) is 4.39 Å². The lowest BCUT2D eigenvalue weighted by Gasteiger charge is -2.59. The Morgan fingerprint density at radius 3 is 2.52 bits per heavy atom. The number of likely N-dealkylation sites (tertiary alicyclic amines) is 1. The molecule has 0 radical (unpaired) electrons. The van der Waals surface area contributed by atoms with E-state index in [1.807, 2.05) is 11.6 Å². The zero-order valence-electron chi connectivity index (χ0n) is 17.7. The molecule has 9 heteroatoms. The maximum Gasteiger partial charge on any atom is 0.417 e. The maximum absolute atomic E-state index is 14.4. The molecule has 1 saturated carbocycles. The molecule has 1 N–H and O–H groups in total. The highest BCUT2D eigenvalue weighted by Gasteiger charge is 2.55. The van der Waals surface area contributed by atoms with Crippen LogP contribution >= 0.6 is 0 Å². The second kappa shape index (κ2) is 7.33. The summed E-state index contributed by atoms with van der Waals surface area (Å²) in [5.74, 6) is -1.46. The van der Waals surface area contributed by atoms with Crippen molar-refractivity contribution in [2.24, 2.45) is 5.41 Å². The SMILES string of the molecule is Cc1cnn(C2CC3(C2)CN(C(=O)c2cc(O)ccc2C(F)(F)F)C3)c1-c1ccccc1F. The molecule has 1 saturated heterocycles. The summed E-state index contributed by atoms with van der Waals surface area (Å²) in [6.45, 7) is 2.55. The van der Waals surface area contributed by atoms with Crippen LogP contribution in [0.1, 0.15) is 40.4 Å². The minimum absolute atomic E-state index is 0.0251. The molecule has 33 heavy (non-hydrogen) atoms. The molecule has 5 nitrogen and oxygen atoms in total. The van der Waals surface area contributed by atoms with Crippen LogP contribution < -0.4 is 0 Å². The number of nitrogens with zero attached hydrogens (tertiary/aromatic N) is 3. The third-order valence-corrected chi connectivity index (χ3v) is 6.67. The average Bonchev–Trinajstić information content (AvgIpc) is 3.06. The van der Waals surface area contributed by atoms with E-state index in [2.05, 4.69) is 5.10 Å². The second-order valence-electron chi connectivity index (χ2n) is 9.05.